The van der Waals surface area contributed by atoms with Crippen LogP contribution < -0.4 is 5.32 Å². The van der Waals surface area contributed by atoms with E-state index in [2.05, 4.69) is 17.3 Å². The van der Waals surface area contributed by atoms with Crippen LogP contribution in [0.4, 0.5) is 0 Å². The summed E-state index contributed by atoms with van der Waals surface area (Å²) in [5.41, 5.74) is 1.18. The van der Waals surface area contributed by atoms with E-state index in [1.807, 2.05) is 30.9 Å². The van der Waals surface area contributed by atoms with Gasteiger partial charge in [0.25, 0.3) is 0 Å². The van der Waals surface area contributed by atoms with Crippen LogP contribution in [0.3, 0.4) is 0 Å². The molecule has 1 N–H and O–H groups in total. The van der Waals surface area contributed by atoms with E-state index in [0.717, 1.165) is 13.2 Å². The largest absolute Gasteiger partial charge is 0.380 e. The van der Waals surface area contributed by atoms with E-state index >= 15 is 0 Å². The minimum Gasteiger partial charge on any atom is -0.380 e. The molecule has 4 nitrogen and oxygen atoms in total. The lowest BCUT2D eigenvalue weighted by Crippen LogP contribution is -2.24. The van der Waals surface area contributed by atoms with Crippen LogP contribution >= 0.6 is 0 Å². The van der Waals surface area contributed by atoms with Gasteiger partial charge in [-0.15, -0.1) is 0 Å². The van der Waals surface area contributed by atoms with Crippen LogP contribution in [0.2, 0.25) is 0 Å². The number of nitrogens with zero attached hydrogens (tertiary/aromatic N) is 2. The first-order valence-corrected chi connectivity index (χ1v) is 5.10. The van der Waals surface area contributed by atoms with E-state index in [9.17, 15) is 0 Å². The molecule has 0 aliphatic carbocycles. The van der Waals surface area contributed by atoms with Gasteiger partial charge in [0.05, 0.1) is 18.3 Å². The monoisotopic (exact) mass is 197 g/mol. The number of rotatable bonds is 6. The Balaban J connectivity index is 2.67. The molecule has 0 fully saturated rings. The van der Waals surface area contributed by atoms with Crippen molar-refractivity contribution in [2.45, 2.75) is 26.4 Å². The Kier molecular flexibility index (Phi) is 4.62. The Morgan fingerprint density at radius 1 is 1.57 bits per heavy atom. The minimum absolute atomic E-state index is 0.234. The second kappa shape index (κ2) is 5.78. The lowest BCUT2D eigenvalue weighted by molar-refractivity contribution is 0.123. The summed E-state index contributed by atoms with van der Waals surface area (Å²) in [5.74, 6) is 0. The average Bonchev–Trinajstić information content (AvgIpc) is 2.67. The number of nitrogens with one attached hydrogen (secondary N) is 1. The van der Waals surface area contributed by atoms with E-state index in [-0.39, 0.29) is 6.04 Å². The highest BCUT2D eigenvalue weighted by Gasteiger charge is 2.13. The summed E-state index contributed by atoms with van der Waals surface area (Å²) < 4.78 is 7.39. The molecule has 0 saturated heterocycles. The molecule has 0 radical (unpaired) electrons. The summed E-state index contributed by atoms with van der Waals surface area (Å²) in [7, 11) is 1.94. The van der Waals surface area contributed by atoms with Crippen molar-refractivity contribution in [3.63, 3.8) is 0 Å². The zero-order valence-electron chi connectivity index (χ0n) is 9.16. The fourth-order valence-electron chi connectivity index (χ4n) is 1.46. The Hall–Kier alpha value is -0.870. The normalized spacial score (nSPS) is 13.1. The van der Waals surface area contributed by atoms with Gasteiger partial charge in [-0.3, -0.25) is 4.68 Å². The molecule has 1 rings (SSSR count). The Morgan fingerprint density at radius 2 is 2.36 bits per heavy atom. The summed E-state index contributed by atoms with van der Waals surface area (Å²) in [5, 5.41) is 7.46. The van der Waals surface area contributed by atoms with Crippen LogP contribution in [-0.4, -0.2) is 30.0 Å². The molecule has 4 heteroatoms. The quantitative estimate of drug-likeness (QED) is 0.744. The number of hydrogen-bond acceptors (Lipinski definition) is 3. The van der Waals surface area contributed by atoms with Crippen LogP contribution in [0.25, 0.3) is 0 Å². The van der Waals surface area contributed by atoms with E-state index in [4.69, 9.17) is 4.74 Å². The fraction of sp³-hybridized carbons (Fsp3) is 0.700. The van der Waals surface area contributed by atoms with Crippen molar-refractivity contribution in [2.24, 2.45) is 0 Å². The average molecular weight is 197 g/mol. The Morgan fingerprint density at radius 3 is 2.93 bits per heavy atom. The summed E-state index contributed by atoms with van der Waals surface area (Å²) in [6.45, 7) is 6.43. The summed E-state index contributed by atoms with van der Waals surface area (Å²) in [6, 6.07) is 2.27. The zero-order valence-corrected chi connectivity index (χ0v) is 9.16. The molecule has 1 aromatic rings. The van der Waals surface area contributed by atoms with Crippen molar-refractivity contribution >= 4 is 0 Å². The first-order valence-electron chi connectivity index (χ1n) is 5.10. The number of aromatic nitrogens is 2. The van der Waals surface area contributed by atoms with Crippen molar-refractivity contribution in [1.82, 2.24) is 15.1 Å². The van der Waals surface area contributed by atoms with Gasteiger partial charge >= 0.3 is 0 Å². The zero-order chi connectivity index (χ0) is 10.4. The standard InChI is InChI=1S/C10H19N3O/c1-4-13-10(6-7-12-13)9(11-3)8-14-5-2/h6-7,9,11H,4-5,8H2,1-3H3. The molecule has 14 heavy (non-hydrogen) atoms. The van der Waals surface area contributed by atoms with Gasteiger partial charge in [-0.05, 0) is 27.0 Å². The number of ether oxygens (including phenoxy) is 1. The van der Waals surface area contributed by atoms with E-state index in [0.29, 0.717) is 6.61 Å². The molecule has 0 bridgehead atoms. The van der Waals surface area contributed by atoms with E-state index < -0.39 is 0 Å². The van der Waals surface area contributed by atoms with E-state index in [1.54, 1.807) is 0 Å². The number of hydrogen-bond donors (Lipinski definition) is 1. The molecule has 0 aliphatic rings. The molecule has 1 atom stereocenters. The Labute approximate surface area is 85.3 Å². The first kappa shape index (κ1) is 11.2. The fourth-order valence-corrected chi connectivity index (χ4v) is 1.46. The third kappa shape index (κ3) is 2.56. The molecular weight excluding hydrogens is 178 g/mol. The highest BCUT2D eigenvalue weighted by atomic mass is 16.5. The Bertz CT molecular complexity index is 260. The lowest BCUT2D eigenvalue weighted by Gasteiger charge is -2.16. The summed E-state index contributed by atoms with van der Waals surface area (Å²) in [6.07, 6.45) is 1.83. The van der Waals surface area contributed by atoms with Crippen LogP contribution in [0.15, 0.2) is 12.3 Å². The highest BCUT2D eigenvalue weighted by molar-refractivity contribution is 5.06. The number of aryl methyl sites for hydroxylation is 1. The van der Waals surface area contributed by atoms with Crippen molar-refractivity contribution < 1.29 is 4.74 Å². The van der Waals surface area contributed by atoms with Gasteiger partial charge in [-0.25, -0.2) is 0 Å². The molecule has 0 spiro atoms. The van der Waals surface area contributed by atoms with Gasteiger partial charge in [0.15, 0.2) is 0 Å². The summed E-state index contributed by atoms with van der Waals surface area (Å²) in [4.78, 5) is 0. The maximum absolute atomic E-state index is 5.41. The topological polar surface area (TPSA) is 39.1 Å². The van der Waals surface area contributed by atoms with Crippen LogP contribution in [-0.2, 0) is 11.3 Å². The van der Waals surface area contributed by atoms with Gasteiger partial charge < -0.3 is 10.1 Å². The number of likely N-dealkylation sites (N-methyl/N-ethyl adjacent to an activating group) is 1. The van der Waals surface area contributed by atoms with Crippen molar-refractivity contribution in [2.75, 3.05) is 20.3 Å². The summed E-state index contributed by atoms with van der Waals surface area (Å²) >= 11 is 0. The third-order valence-corrected chi connectivity index (χ3v) is 2.24. The van der Waals surface area contributed by atoms with Crippen LogP contribution in [0, 0.1) is 0 Å². The molecule has 1 aromatic heterocycles. The minimum atomic E-state index is 0.234. The van der Waals surface area contributed by atoms with Gasteiger partial charge in [0.1, 0.15) is 0 Å². The molecule has 80 valence electrons. The molecule has 0 aromatic carbocycles. The van der Waals surface area contributed by atoms with Crippen molar-refractivity contribution in [1.29, 1.82) is 0 Å². The molecular formula is C10H19N3O. The van der Waals surface area contributed by atoms with Crippen molar-refractivity contribution in [3.05, 3.63) is 18.0 Å². The van der Waals surface area contributed by atoms with Crippen LogP contribution in [0.1, 0.15) is 25.6 Å². The molecule has 0 aliphatic heterocycles. The molecule has 1 unspecified atom stereocenters. The molecule has 1 heterocycles. The first-order chi connectivity index (χ1) is 6.83. The lowest BCUT2D eigenvalue weighted by atomic mass is 10.2. The maximum atomic E-state index is 5.41. The predicted octanol–water partition coefficient (Wildman–Crippen LogP) is 1.20. The van der Waals surface area contributed by atoms with Gasteiger partial charge in [0.2, 0.25) is 0 Å². The second-order valence-electron chi connectivity index (χ2n) is 3.07. The maximum Gasteiger partial charge on any atom is 0.0727 e. The van der Waals surface area contributed by atoms with Gasteiger partial charge in [-0.1, -0.05) is 0 Å². The van der Waals surface area contributed by atoms with E-state index in [1.165, 1.54) is 5.69 Å². The second-order valence-corrected chi connectivity index (χ2v) is 3.07. The predicted molar refractivity (Wildman–Crippen MR) is 56.2 cm³/mol. The van der Waals surface area contributed by atoms with Crippen molar-refractivity contribution in [3.8, 4) is 0 Å². The SMILES string of the molecule is CCOCC(NC)c1ccnn1CC. The van der Waals surface area contributed by atoms with Gasteiger partial charge in [-0.2, -0.15) is 5.10 Å². The smallest absolute Gasteiger partial charge is 0.0727 e. The molecule has 0 amide bonds. The highest BCUT2D eigenvalue weighted by Crippen LogP contribution is 2.12. The van der Waals surface area contributed by atoms with Crippen LogP contribution in [0.5, 0.6) is 0 Å². The molecule has 0 saturated carbocycles. The third-order valence-electron chi connectivity index (χ3n) is 2.24. The van der Waals surface area contributed by atoms with Gasteiger partial charge in [0, 0.05) is 19.3 Å².